The molecule has 0 aromatic carbocycles. The van der Waals surface area contributed by atoms with Gasteiger partial charge in [0.2, 0.25) is 0 Å². The summed E-state index contributed by atoms with van der Waals surface area (Å²) in [6, 6.07) is 0. The summed E-state index contributed by atoms with van der Waals surface area (Å²) in [5.41, 5.74) is 0. The number of hydrogen-bond donors (Lipinski definition) is 11. The maximum absolute atomic E-state index is 10.4. The first-order valence-corrected chi connectivity index (χ1v) is 21.5. The van der Waals surface area contributed by atoms with Gasteiger partial charge in [0.05, 0.1) is 190 Å². The van der Waals surface area contributed by atoms with E-state index in [1.807, 2.05) is 0 Å². The molecule has 8 atom stereocenters. The SMILES string of the molecule is O=C(O)CCOCCOCCOCCOCCOCCOCCOCCOCCOCCOCCOCCOCCN(C[C@@H](O)[C@@H](O)[C@H](O)[C@H](O)CO)C[C@@H](O)[C@@H](O)[C@H](O)[C@H](O)CO. The summed E-state index contributed by atoms with van der Waals surface area (Å²) in [6.45, 7) is 6.16. The lowest BCUT2D eigenvalue weighted by atomic mass is 10.0. The van der Waals surface area contributed by atoms with E-state index < -0.39 is 81.1 Å². The van der Waals surface area contributed by atoms with Crippen LogP contribution in [0.1, 0.15) is 6.42 Å². The normalized spacial score (nSPS) is 15.9. The standard InChI is InChI=1S/C39H79NO24/c41-29-33(45)38(51)36(49)31(43)27-40(28-32(44)37(50)39(52)34(46)30-42)2-4-54-6-8-56-10-12-58-14-16-60-18-20-62-22-24-64-26-25-63-23-21-61-19-17-59-15-13-57-11-9-55-7-5-53-3-1-35(47)48/h31-34,36-39,41-46,49-52H,1-30H2,(H,47,48)/t31-,32-,33-,34-,36-,37-,38-,39-/m1/s1. The maximum Gasteiger partial charge on any atom is 0.305 e. The van der Waals surface area contributed by atoms with Crippen LogP contribution in [0.15, 0.2) is 0 Å². The molecule has 0 aromatic heterocycles. The van der Waals surface area contributed by atoms with Crippen molar-refractivity contribution < 1.29 is 118 Å². The Hall–Kier alpha value is -1.45. The van der Waals surface area contributed by atoms with E-state index in [1.165, 1.54) is 4.90 Å². The van der Waals surface area contributed by atoms with Gasteiger partial charge < -0.3 is 113 Å². The number of hydrogen-bond acceptors (Lipinski definition) is 24. The summed E-state index contributed by atoms with van der Waals surface area (Å²) in [5, 5.41) is 107. The van der Waals surface area contributed by atoms with Gasteiger partial charge >= 0.3 is 5.97 Å². The van der Waals surface area contributed by atoms with Gasteiger partial charge in [-0.3, -0.25) is 9.69 Å². The molecular weight excluding hydrogens is 866 g/mol. The highest BCUT2D eigenvalue weighted by Crippen LogP contribution is 2.11. The number of ether oxygens (including phenoxy) is 12. The molecule has 0 radical (unpaired) electrons. The van der Waals surface area contributed by atoms with E-state index in [0.717, 1.165) is 0 Å². The van der Waals surface area contributed by atoms with E-state index in [4.69, 9.17) is 72.2 Å². The molecule has 0 fully saturated rings. The van der Waals surface area contributed by atoms with E-state index in [0.29, 0.717) is 132 Å². The number of carbonyl (C=O) groups is 1. The minimum atomic E-state index is -1.88. The van der Waals surface area contributed by atoms with Crippen LogP contribution in [0.3, 0.4) is 0 Å². The Morgan fingerprint density at radius 3 is 0.750 bits per heavy atom. The lowest BCUT2D eigenvalue weighted by molar-refractivity contribution is -0.138. The first-order chi connectivity index (χ1) is 31.0. The van der Waals surface area contributed by atoms with Crippen LogP contribution in [0.5, 0.6) is 0 Å². The lowest BCUT2D eigenvalue weighted by Gasteiger charge is -2.33. The average Bonchev–Trinajstić information content (AvgIpc) is 3.29. The van der Waals surface area contributed by atoms with Gasteiger partial charge in [0.15, 0.2) is 0 Å². The molecule has 0 spiro atoms. The Morgan fingerprint density at radius 1 is 0.328 bits per heavy atom. The van der Waals surface area contributed by atoms with Crippen LogP contribution in [-0.2, 0) is 61.6 Å². The number of aliphatic carboxylic acids is 1. The van der Waals surface area contributed by atoms with Crippen molar-refractivity contribution in [2.45, 2.75) is 55.3 Å². The monoisotopic (exact) mass is 945 g/mol. The molecule has 0 aliphatic heterocycles. The van der Waals surface area contributed by atoms with Gasteiger partial charge in [-0.2, -0.15) is 0 Å². The smallest absolute Gasteiger partial charge is 0.305 e. The minimum Gasteiger partial charge on any atom is -0.481 e. The molecule has 25 nitrogen and oxygen atoms in total. The fraction of sp³-hybridized carbons (Fsp3) is 0.974. The molecule has 0 saturated heterocycles. The van der Waals surface area contributed by atoms with Crippen LogP contribution in [0.25, 0.3) is 0 Å². The topological polar surface area (TPSA) is 354 Å². The number of carboxylic acids is 1. The minimum absolute atomic E-state index is 0.0235. The molecule has 0 amide bonds. The third kappa shape index (κ3) is 37.6. The third-order valence-electron chi connectivity index (χ3n) is 8.65. The lowest BCUT2D eigenvalue weighted by Crippen LogP contribution is -2.53. The molecule has 25 heteroatoms. The van der Waals surface area contributed by atoms with Crippen molar-refractivity contribution in [2.75, 3.05) is 191 Å². The van der Waals surface area contributed by atoms with Crippen molar-refractivity contribution in [2.24, 2.45) is 0 Å². The second-order valence-corrected chi connectivity index (χ2v) is 13.8. The van der Waals surface area contributed by atoms with Crippen molar-refractivity contribution in [3.05, 3.63) is 0 Å². The van der Waals surface area contributed by atoms with Gasteiger partial charge in [0, 0.05) is 19.6 Å². The second-order valence-electron chi connectivity index (χ2n) is 13.8. The molecule has 0 aliphatic rings. The van der Waals surface area contributed by atoms with Gasteiger partial charge in [-0.25, -0.2) is 0 Å². The summed E-state index contributed by atoms with van der Waals surface area (Å²) >= 11 is 0. The predicted octanol–water partition coefficient (Wildman–Crippen LogP) is -6.17. The van der Waals surface area contributed by atoms with Gasteiger partial charge in [-0.15, -0.1) is 0 Å². The Balaban J connectivity index is 3.67. The molecule has 0 rings (SSSR count). The summed E-state index contributed by atoms with van der Waals surface area (Å²) in [4.78, 5) is 11.7. The Labute approximate surface area is 375 Å². The van der Waals surface area contributed by atoms with Crippen LogP contribution in [0.2, 0.25) is 0 Å². The Bertz CT molecular complexity index is 968. The maximum atomic E-state index is 10.4. The first-order valence-electron chi connectivity index (χ1n) is 21.5. The summed E-state index contributed by atoms with van der Waals surface area (Å²) in [7, 11) is 0. The summed E-state index contributed by atoms with van der Waals surface area (Å²) in [5.74, 6) is -0.893. The highest BCUT2D eigenvalue weighted by atomic mass is 16.6. The molecule has 0 saturated carbocycles. The molecule has 11 N–H and O–H groups in total. The highest BCUT2D eigenvalue weighted by Gasteiger charge is 2.34. The van der Waals surface area contributed by atoms with E-state index in [-0.39, 0.29) is 39.4 Å². The average molecular weight is 946 g/mol. The van der Waals surface area contributed by atoms with Crippen LogP contribution in [0, 0.1) is 0 Å². The Kier molecular flexibility index (Phi) is 44.3. The molecule has 64 heavy (non-hydrogen) atoms. The number of rotatable bonds is 51. The third-order valence-corrected chi connectivity index (χ3v) is 8.65. The van der Waals surface area contributed by atoms with Gasteiger partial charge in [-0.1, -0.05) is 0 Å². The summed E-state index contributed by atoms with van der Waals surface area (Å²) < 4.78 is 65.0. The summed E-state index contributed by atoms with van der Waals surface area (Å²) in [6.07, 6.45) is -14.3. The van der Waals surface area contributed by atoms with Crippen LogP contribution >= 0.6 is 0 Å². The fourth-order valence-corrected chi connectivity index (χ4v) is 5.00. The quantitative estimate of drug-likeness (QED) is 0.0253. The van der Waals surface area contributed by atoms with E-state index >= 15 is 0 Å². The highest BCUT2D eigenvalue weighted by molar-refractivity contribution is 5.66. The van der Waals surface area contributed by atoms with Crippen molar-refractivity contribution in [3.8, 4) is 0 Å². The van der Waals surface area contributed by atoms with Crippen molar-refractivity contribution in [1.82, 2.24) is 4.90 Å². The van der Waals surface area contributed by atoms with Gasteiger partial charge in [0.1, 0.15) is 36.6 Å². The second kappa shape index (κ2) is 45.3. The molecule has 0 unspecified atom stereocenters. The first kappa shape index (κ1) is 62.5. The zero-order valence-corrected chi connectivity index (χ0v) is 37.0. The van der Waals surface area contributed by atoms with Crippen LogP contribution in [0.4, 0.5) is 0 Å². The molecule has 0 aromatic rings. The number of nitrogens with zero attached hydrogens (tertiary/aromatic N) is 1. The zero-order valence-electron chi connectivity index (χ0n) is 37.0. The van der Waals surface area contributed by atoms with E-state index in [2.05, 4.69) is 0 Å². The van der Waals surface area contributed by atoms with Crippen molar-refractivity contribution >= 4 is 5.97 Å². The molecular formula is C39H79NO24. The number of carboxylic acid groups (broad SMARTS) is 1. The predicted molar refractivity (Wildman–Crippen MR) is 221 cm³/mol. The largest absolute Gasteiger partial charge is 0.481 e. The zero-order chi connectivity index (χ0) is 47.5. The van der Waals surface area contributed by atoms with E-state index in [9.17, 15) is 45.6 Å². The number of aliphatic hydroxyl groups excluding tert-OH is 10. The van der Waals surface area contributed by atoms with Crippen LogP contribution in [-0.4, -0.2) is 307 Å². The van der Waals surface area contributed by atoms with Gasteiger partial charge in [-0.05, 0) is 0 Å². The van der Waals surface area contributed by atoms with Crippen LogP contribution < -0.4 is 0 Å². The fourth-order valence-electron chi connectivity index (χ4n) is 5.00. The number of aliphatic hydroxyl groups is 10. The molecule has 384 valence electrons. The van der Waals surface area contributed by atoms with Crippen molar-refractivity contribution in [1.29, 1.82) is 0 Å². The van der Waals surface area contributed by atoms with E-state index in [1.54, 1.807) is 0 Å². The van der Waals surface area contributed by atoms with Crippen molar-refractivity contribution in [3.63, 3.8) is 0 Å². The Morgan fingerprint density at radius 2 is 0.531 bits per heavy atom. The molecule has 0 heterocycles. The van der Waals surface area contributed by atoms with Gasteiger partial charge in [0.25, 0.3) is 0 Å². The molecule has 0 aliphatic carbocycles. The molecule has 0 bridgehead atoms.